The molecule has 7 aromatic carbocycles. The van der Waals surface area contributed by atoms with E-state index in [-0.39, 0.29) is 0 Å². The van der Waals surface area contributed by atoms with E-state index in [1.54, 1.807) is 0 Å². The van der Waals surface area contributed by atoms with E-state index in [0.717, 1.165) is 60.9 Å². The zero-order valence-corrected chi connectivity index (χ0v) is 28.5. The average molecular weight is 676 g/mol. The molecular weight excluding hydrogens is 647 g/mol. The van der Waals surface area contributed by atoms with Crippen LogP contribution in [0.2, 0.25) is 0 Å². The molecule has 9 aromatic rings. The van der Waals surface area contributed by atoms with E-state index >= 15 is 0 Å². The highest BCUT2D eigenvalue weighted by atomic mass is 15.0. The molecule has 0 amide bonds. The summed E-state index contributed by atoms with van der Waals surface area (Å²) in [5, 5.41) is 13.0. The van der Waals surface area contributed by atoms with Crippen molar-refractivity contribution in [1.82, 2.24) is 14.5 Å². The molecule has 5 heteroatoms. The zero-order valence-electron chi connectivity index (χ0n) is 28.5. The third-order valence-corrected chi connectivity index (χ3v) is 9.66. The standard InChI is InChI=1S/C48H29N5/c1-50-44-27-38(43-30-42(34-18-10-4-11-19-34)51-48(52-43)35-20-12-5-13-21-35)26-39(31-49)47(44)53-45-28-36(32-14-6-2-7-15-32)22-24-40(45)41-25-23-37(29-46(41)53)33-16-8-3-9-17-33/h2-30H. The Morgan fingerprint density at radius 3 is 1.43 bits per heavy atom. The smallest absolute Gasteiger partial charge is 0.212 e. The first-order chi connectivity index (χ1) is 26.2. The molecule has 246 valence electrons. The molecule has 9 rings (SSSR count). The van der Waals surface area contributed by atoms with E-state index in [1.807, 2.05) is 115 Å². The van der Waals surface area contributed by atoms with Gasteiger partial charge in [-0.15, -0.1) is 0 Å². The molecule has 0 fully saturated rings. The molecule has 0 unspecified atom stereocenters. The second-order valence-electron chi connectivity index (χ2n) is 12.8. The minimum Gasteiger partial charge on any atom is -0.318 e. The van der Waals surface area contributed by atoms with Gasteiger partial charge in [0.2, 0.25) is 5.69 Å². The van der Waals surface area contributed by atoms with E-state index in [9.17, 15) is 5.26 Å². The highest BCUT2D eigenvalue weighted by Crippen LogP contribution is 2.42. The average Bonchev–Trinajstić information content (AvgIpc) is 3.56. The highest BCUT2D eigenvalue weighted by molar-refractivity contribution is 6.12. The van der Waals surface area contributed by atoms with Crippen LogP contribution in [0.25, 0.3) is 88.5 Å². The van der Waals surface area contributed by atoms with Crippen molar-refractivity contribution in [3.05, 3.63) is 193 Å². The lowest BCUT2D eigenvalue weighted by molar-refractivity contribution is 1.16. The molecule has 0 aliphatic heterocycles. The molecule has 0 saturated carbocycles. The summed E-state index contributed by atoms with van der Waals surface area (Å²) in [6.07, 6.45) is 0. The zero-order chi connectivity index (χ0) is 35.7. The quantitative estimate of drug-likeness (QED) is 0.165. The van der Waals surface area contributed by atoms with Crippen LogP contribution < -0.4 is 0 Å². The van der Waals surface area contributed by atoms with Gasteiger partial charge in [-0.05, 0) is 58.1 Å². The van der Waals surface area contributed by atoms with Crippen molar-refractivity contribution in [3.8, 4) is 67.9 Å². The van der Waals surface area contributed by atoms with Crippen molar-refractivity contribution in [1.29, 1.82) is 5.26 Å². The van der Waals surface area contributed by atoms with Crippen LogP contribution in [0, 0.1) is 17.9 Å². The van der Waals surface area contributed by atoms with Gasteiger partial charge in [0, 0.05) is 21.9 Å². The molecular formula is C48H29N5. The number of hydrogen-bond acceptors (Lipinski definition) is 3. The van der Waals surface area contributed by atoms with E-state index in [1.165, 1.54) is 0 Å². The first-order valence-corrected chi connectivity index (χ1v) is 17.3. The van der Waals surface area contributed by atoms with Crippen LogP contribution in [0.15, 0.2) is 176 Å². The van der Waals surface area contributed by atoms with E-state index < -0.39 is 0 Å². The van der Waals surface area contributed by atoms with Crippen molar-refractivity contribution in [2.75, 3.05) is 0 Å². The number of fused-ring (bicyclic) bond motifs is 3. The first-order valence-electron chi connectivity index (χ1n) is 17.3. The van der Waals surface area contributed by atoms with E-state index in [0.29, 0.717) is 34.0 Å². The number of nitrogens with zero attached hydrogens (tertiary/aromatic N) is 5. The molecule has 5 nitrogen and oxygen atoms in total. The minimum atomic E-state index is 0.356. The summed E-state index contributed by atoms with van der Waals surface area (Å²) in [7, 11) is 0. The molecule has 0 saturated heterocycles. The maximum absolute atomic E-state index is 10.9. The summed E-state index contributed by atoms with van der Waals surface area (Å²) in [4.78, 5) is 14.0. The van der Waals surface area contributed by atoms with Crippen LogP contribution >= 0.6 is 0 Å². The van der Waals surface area contributed by atoms with Crippen LogP contribution in [0.3, 0.4) is 0 Å². The summed E-state index contributed by atoms with van der Waals surface area (Å²) in [6.45, 7) is 8.51. The lowest BCUT2D eigenvalue weighted by atomic mass is 10.0. The van der Waals surface area contributed by atoms with Crippen LogP contribution in [-0.2, 0) is 0 Å². The van der Waals surface area contributed by atoms with Crippen molar-refractivity contribution in [3.63, 3.8) is 0 Å². The van der Waals surface area contributed by atoms with Gasteiger partial charge in [-0.2, -0.15) is 5.26 Å². The van der Waals surface area contributed by atoms with Crippen molar-refractivity contribution < 1.29 is 0 Å². The second-order valence-corrected chi connectivity index (χ2v) is 12.8. The van der Waals surface area contributed by atoms with Gasteiger partial charge in [0.1, 0.15) is 0 Å². The minimum absolute atomic E-state index is 0.356. The lowest BCUT2D eigenvalue weighted by Crippen LogP contribution is -2.01. The highest BCUT2D eigenvalue weighted by Gasteiger charge is 2.22. The van der Waals surface area contributed by atoms with Gasteiger partial charge >= 0.3 is 0 Å². The SMILES string of the molecule is [C-]#[N+]c1cc(-c2cc(-c3ccccc3)nc(-c3ccccc3)n2)cc(C#N)c1-n1c2cc(-c3ccccc3)ccc2c2ccc(-c3ccccc3)cc21. The Bertz CT molecular complexity index is 2690. The Morgan fingerprint density at radius 1 is 0.472 bits per heavy atom. The third kappa shape index (κ3) is 5.69. The van der Waals surface area contributed by atoms with E-state index in [4.69, 9.17) is 16.5 Å². The Morgan fingerprint density at radius 2 is 0.943 bits per heavy atom. The van der Waals surface area contributed by atoms with Gasteiger partial charge in [0.05, 0.1) is 46.3 Å². The summed E-state index contributed by atoms with van der Waals surface area (Å²) in [5.74, 6) is 0.568. The molecule has 2 aromatic heterocycles. The Kier molecular flexibility index (Phi) is 7.86. The molecule has 0 atom stereocenters. The molecule has 0 N–H and O–H groups in total. The van der Waals surface area contributed by atoms with Crippen molar-refractivity contribution >= 4 is 27.5 Å². The maximum atomic E-state index is 10.9. The Labute approximate surface area is 307 Å². The predicted octanol–water partition coefficient (Wildman–Crippen LogP) is 12.3. The van der Waals surface area contributed by atoms with Gasteiger partial charge in [-0.25, -0.2) is 14.8 Å². The van der Waals surface area contributed by atoms with Crippen LogP contribution in [-0.4, -0.2) is 14.5 Å². The van der Waals surface area contributed by atoms with E-state index in [2.05, 4.69) is 76.1 Å². The molecule has 0 radical (unpaired) electrons. The normalized spacial score (nSPS) is 11.0. The molecule has 0 bridgehead atoms. The maximum Gasteiger partial charge on any atom is 0.212 e. The van der Waals surface area contributed by atoms with Crippen LogP contribution in [0.4, 0.5) is 5.69 Å². The van der Waals surface area contributed by atoms with Crippen molar-refractivity contribution in [2.45, 2.75) is 0 Å². The summed E-state index contributed by atoms with van der Waals surface area (Å²) in [6, 6.07) is 61.4. The first kappa shape index (κ1) is 31.4. The fraction of sp³-hybridized carbons (Fsp3) is 0. The van der Waals surface area contributed by atoms with Gasteiger partial charge < -0.3 is 4.57 Å². The predicted molar refractivity (Wildman–Crippen MR) is 215 cm³/mol. The number of nitriles is 1. The molecule has 53 heavy (non-hydrogen) atoms. The van der Waals surface area contributed by atoms with Crippen LogP contribution in [0.1, 0.15) is 5.56 Å². The second kappa shape index (κ2) is 13.3. The topological polar surface area (TPSA) is 58.9 Å². The van der Waals surface area contributed by atoms with Gasteiger partial charge in [-0.1, -0.05) is 146 Å². The summed E-state index contributed by atoms with van der Waals surface area (Å²) >= 11 is 0. The van der Waals surface area contributed by atoms with Crippen LogP contribution in [0.5, 0.6) is 0 Å². The fourth-order valence-corrected chi connectivity index (χ4v) is 7.12. The molecule has 0 spiro atoms. The third-order valence-electron chi connectivity index (χ3n) is 9.66. The molecule has 2 heterocycles. The number of hydrogen-bond donors (Lipinski definition) is 0. The Hall–Kier alpha value is -7.60. The van der Waals surface area contributed by atoms with Gasteiger partial charge in [0.25, 0.3) is 0 Å². The summed E-state index contributed by atoms with van der Waals surface area (Å²) < 4.78 is 2.10. The molecule has 0 aliphatic carbocycles. The fourth-order valence-electron chi connectivity index (χ4n) is 7.12. The lowest BCUT2D eigenvalue weighted by Gasteiger charge is -2.16. The number of rotatable bonds is 6. The van der Waals surface area contributed by atoms with Gasteiger partial charge in [0.15, 0.2) is 5.82 Å². The monoisotopic (exact) mass is 675 g/mol. The Balaban J connectivity index is 1.31. The van der Waals surface area contributed by atoms with Gasteiger partial charge in [-0.3, -0.25) is 0 Å². The number of benzene rings is 7. The van der Waals surface area contributed by atoms with Crippen molar-refractivity contribution in [2.24, 2.45) is 0 Å². The number of aromatic nitrogens is 3. The molecule has 0 aliphatic rings. The largest absolute Gasteiger partial charge is 0.318 e. The summed E-state index contributed by atoms with van der Waals surface area (Å²) in [5.41, 5.74) is 11.3.